The van der Waals surface area contributed by atoms with Gasteiger partial charge in [-0.3, -0.25) is 19.2 Å². The quantitative estimate of drug-likeness (QED) is 0.147. The number of carboxylic acids is 2. The van der Waals surface area contributed by atoms with E-state index < -0.39 is 66.4 Å². The van der Waals surface area contributed by atoms with Gasteiger partial charge in [0.05, 0.1) is 18.6 Å². The Bertz CT molecular complexity index is 934. The van der Waals surface area contributed by atoms with Crippen LogP contribution in [0, 0.1) is 5.92 Å². The molecule has 0 aliphatic heterocycles. The van der Waals surface area contributed by atoms with Crippen LogP contribution in [0.3, 0.4) is 0 Å². The number of phenolic OH excluding ortho intramolecular Hbond substituents is 1. The van der Waals surface area contributed by atoms with E-state index in [4.69, 9.17) is 10.8 Å². The summed E-state index contributed by atoms with van der Waals surface area (Å²) >= 11 is 0. The Morgan fingerprint density at radius 3 is 1.89 bits per heavy atom. The predicted molar refractivity (Wildman–Crippen MR) is 127 cm³/mol. The average molecular weight is 511 g/mol. The molecule has 0 saturated carbocycles. The Morgan fingerprint density at radius 1 is 0.861 bits per heavy atom. The van der Waals surface area contributed by atoms with Gasteiger partial charge >= 0.3 is 11.9 Å². The number of aliphatic hydroxyl groups is 1. The highest BCUT2D eigenvalue weighted by Crippen LogP contribution is 2.11. The SMILES string of the molecule is CC(C)CC(NC(=O)C(CC(=O)O)NC(=O)C(NC(=O)C(N)Cc1ccc(O)cc1)C(C)O)C(=O)O. The maximum Gasteiger partial charge on any atom is 0.326 e. The zero-order valence-corrected chi connectivity index (χ0v) is 20.3. The van der Waals surface area contributed by atoms with E-state index in [9.17, 15) is 39.3 Å². The van der Waals surface area contributed by atoms with E-state index in [0.29, 0.717) is 5.56 Å². The minimum Gasteiger partial charge on any atom is -0.508 e. The molecule has 13 nitrogen and oxygen atoms in total. The Labute approximate surface area is 208 Å². The number of hydrogen-bond acceptors (Lipinski definition) is 8. The Balaban J connectivity index is 2.93. The van der Waals surface area contributed by atoms with Gasteiger partial charge < -0.3 is 42.1 Å². The summed E-state index contributed by atoms with van der Waals surface area (Å²) < 4.78 is 0. The lowest BCUT2D eigenvalue weighted by Crippen LogP contribution is -2.60. The van der Waals surface area contributed by atoms with E-state index in [-0.39, 0.29) is 24.5 Å². The molecule has 1 rings (SSSR count). The van der Waals surface area contributed by atoms with Gasteiger partial charge in [0.25, 0.3) is 0 Å². The molecule has 200 valence electrons. The van der Waals surface area contributed by atoms with Crippen LogP contribution in [0.1, 0.15) is 39.2 Å². The van der Waals surface area contributed by atoms with E-state index in [1.54, 1.807) is 26.0 Å². The van der Waals surface area contributed by atoms with Crippen LogP contribution in [0.2, 0.25) is 0 Å². The average Bonchev–Trinajstić information content (AvgIpc) is 2.76. The highest BCUT2D eigenvalue weighted by atomic mass is 16.4. The van der Waals surface area contributed by atoms with Crippen molar-refractivity contribution in [3.63, 3.8) is 0 Å². The van der Waals surface area contributed by atoms with Crippen molar-refractivity contribution < 1.29 is 44.4 Å². The first-order chi connectivity index (χ1) is 16.7. The number of amides is 3. The predicted octanol–water partition coefficient (Wildman–Crippen LogP) is -1.30. The molecule has 0 bridgehead atoms. The fourth-order valence-electron chi connectivity index (χ4n) is 3.25. The molecule has 5 atom stereocenters. The van der Waals surface area contributed by atoms with Crippen molar-refractivity contribution in [2.75, 3.05) is 0 Å². The fourth-order valence-corrected chi connectivity index (χ4v) is 3.25. The molecule has 3 amide bonds. The second-order valence-electron chi connectivity index (χ2n) is 8.89. The first-order valence-electron chi connectivity index (χ1n) is 11.3. The molecule has 1 aromatic carbocycles. The summed E-state index contributed by atoms with van der Waals surface area (Å²) in [6.07, 6.45) is -2.19. The van der Waals surface area contributed by atoms with Gasteiger partial charge in [-0.2, -0.15) is 0 Å². The van der Waals surface area contributed by atoms with Gasteiger partial charge in [0, 0.05) is 0 Å². The second-order valence-corrected chi connectivity index (χ2v) is 8.89. The van der Waals surface area contributed by atoms with Crippen molar-refractivity contribution in [2.24, 2.45) is 11.7 Å². The number of benzene rings is 1. The highest BCUT2D eigenvalue weighted by Gasteiger charge is 2.33. The first kappa shape index (κ1) is 30.3. The molecule has 0 spiro atoms. The molecule has 0 aliphatic rings. The summed E-state index contributed by atoms with van der Waals surface area (Å²) in [4.78, 5) is 60.7. The number of carboxylic acid groups (broad SMARTS) is 2. The number of nitrogens with two attached hydrogens (primary N) is 1. The van der Waals surface area contributed by atoms with Gasteiger partial charge in [0.15, 0.2) is 0 Å². The first-order valence-corrected chi connectivity index (χ1v) is 11.3. The van der Waals surface area contributed by atoms with Crippen LogP contribution in [0.5, 0.6) is 5.75 Å². The molecular weight excluding hydrogens is 476 g/mol. The molecule has 0 aliphatic carbocycles. The van der Waals surface area contributed by atoms with E-state index in [2.05, 4.69) is 16.0 Å². The third-order valence-electron chi connectivity index (χ3n) is 5.12. The van der Waals surface area contributed by atoms with Crippen LogP contribution in [0.4, 0.5) is 0 Å². The van der Waals surface area contributed by atoms with Crippen LogP contribution in [-0.2, 0) is 30.4 Å². The van der Waals surface area contributed by atoms with Crippen LogP contribution < -0.4 is 21.7 Å². The lowest BCUT2D eigenvalue weighted by Gasteiger charge is -2.26. The van der Waals surface area contributed by atoms with E-state index in [0.717, 1.165) is 0 Å². The zero-order valence-electron chi connectivity index (χ0n) is 20.3. The zero-order chi connectivity index (χ0) is 27.6. The van der Waals surface area contributed by atoms with E-state index in [1.165, 1.54) is 19.1 Å². The molecule has 9 N–H and O–H groups in total. The molecule has 0 heterocycles. The molecule has 36 heavy (non-hydrogen) atoms. The largest absolute Gasteiger partial charge is 0.508 e. The molecule has 1 aromatic rings. The maximum atomic E-state index is 12.8. The molecule has 0 radical (unpaired) electrons. The van der Waals surface area contributed by atoms with Gasteiger partial charge in [-0.25, -0.2) is 4.79 Å². The summed E-state index contributed by atoms with van der Waals surface area (Å²) in [5, 5.41) is 44.5. The van der Waals surface area contributed by atoms with Gasteiger partial charge in [0.1, 0.15) is 23.9 Å². The smallest absolute Gasteiger partial charge is 0.326 e. The van der Waals surface area contributed by atoms with Crippen molar-refractivity contribution in [1.82, 2.24) is 16.0 Å². The Kier molecular flexibility index (Phi) is 11.8. The summed E-state index contributed by atoms with van der Waals surface area (Å²) in [5.74, 6) is -5.74. The number of aliphatic carboxylic acids is 2. The maximum absolute atomic E-state index is 12.8. The Morgan fingerprint density at radius 2 is 1.42 bits per heavy atom. The van der Waals surface area contributed by atoms with Gasteiger partial charge in [-0.05, 0) is 43.4 Å². The van der Waals surface area contributed by atoms with Gasteiger partial charge in [-0.15, -0.1) is 0 Å². The lowest BCUT2D eigenvalue weighted by atomic mass is 10.0. The van der Waals surface area contributed by atoms with E-state index in [1.807, 2.05) is 0 Å². The minimum absolute atomic E-state index is 0.0291. The topological polar surface area (TPSA) is 228 Å². The monoisotopic (exact) mass is 510 g/mol. The van der Waals surface area contributed by atoms with Crippen LogP contribution in [0.25, 0.3) is 0 Å². The number of carbonyl (C=O) groups excluding carboxylic acids is 3. The number of rotatable bonds is 14. The molecule has 13 heteroatoms. The number of phenols is 1. The summed E-state index contributed by atoms with van der Waals surface area (Å²) in [7, 11) is 0. The van der Waals surface area contributed by atoms with Crippen molar-refractivity contribution in [1.29, 1.82) is 0 Å². The molecule has 0 saturated heterocycles. The van der Waals surface area contributed by atoms with Crippen LogP contribution in [0.15, 0.2) is 24.3 Å². The number of aromatic hydroxyl groups is 1. The van der Waals surface area contributed by atoms with E-state index >= 15 is 0 Å². The molecule has 5 unspecified atom stereocenters. The summed E-state index contributed by atoms with van der Waals surface area (Å²) in [6.45, 7) is 4.67. The van der Waals surface area contributed by atoms with Gasteiger partial charge in [0.2, 0.25) is 17.7 Å². The van der Waals surface area contributed by atoms with Crippen molar-refractivity contribution >= 4 is 29.7 Å². The van der Waals surface area contributed by atoms with Crippen LogP contribution in [-0.4, -0.2) is 80.4 Å². The van der Waals surface area contributed by atoms with Crippen molar-refractivity contribution in [2.45, 2.75) is 70.3 Å². The number of nitrogens with one attached hydrogen (secondary N) is 3. The third kappa shape index (κ3) is 10.3. The van der Waals surface area contributed by atoms with Gasteiger partial charge in [-0.1, -0.05) is 26.0 Å². The fraction of sp³-hybridized carbons (Fsp3) is 0.522. The molecule has 0 fully saturated rings. The molecule has 0 aromatic heterocycles. The van der Waals surface area contributed by atoms with Crippen molar-refractivity contribution in [3.05, 3.63) is 29.8 Å². The normalized spacial score (nSPS) is 15.2. The second kappa shape index (κ2) is 14.0. The number of aliphatic hydroxyl groups excluding tert-OH is 1. The standard InChI is InChI=1S/C23H34N4O9/c1-11(2)8-17(23(35)36)26-21(33)16(10-18(30)31)25-22(34)19(12(3)28)27-20(32)15(24)9-13-4-6-14(29)7-5-13/h4-7,11-12,15-17,19,28-29H,8-10,24H2,1-3H3,(H,25,34)(H,26,33)(H,27,32)(H,30,31)(H,35,36). The number of hydrogen-bond donors (Lipinski definition) is 8. The van der Waals surface area contributed by atoms with Crippen LogP contribution >= 0.6 is 0 Å². The summed E-state index contributed by atoms with van der Waals surface area (Å²) in [5.41, 5.74) is 6.51. The summed E-state index contributed by atoms with van der Waals surface area (Å²) in [6, 6.07) is 0.238. The lowest BCUT2D eigenvalue weighted by molar-refractivity contribution is -0.144. The molecular formula is C23H34N4O9. The third-order valence-corrected chi connectivity index (χ3v) is 5.12. The minimum atomic E-state index is -1.67. The highest BCUT2D eigenvalue weighted by molar-refractivity contribution is 5.95. The Hall–Kier alpha value is -3.71. The van der Waals surface area contributed by atoms with Crippen molar-refractivity contribution in [3.8, 4) is 5.75 Å². The number of carbonyl (C=O) groups is 5.